The van der Waals surface area contributed by atoms with E-state index in [1.807, 2.05) is 20.8 Å². The molecule has 1 aromatic heterocycles. The average molecular weight is 337 g/mol. The molecular formula is C17H27N3O2S. The lowest BCUT2D eigenvalue weighted by molar-refractivity contribution is -0.131. The van der Waals surface area contributed by atoms with Gasteiger partial charge in [0.25, 0.3) is 5.91 Å². The Hall–Kier alpha value is -1.43. The lowest BCUT2D eigenvalue weighted by atomic mass is 9.82. The summed E-state index contributed by atoms with van der Waals surface area (Å²) in [6.45, 7) is 8.19. The molecule has 1 atom stereocenters. The minimum absolute atomic E-state index is 0.0808. The second-order valence-electron chi connectivity index (χ2n) is 6.62. The van der Waals surface area contributed by atoms with Gasteiger partial charge in [-0.25, -0.2) is 0 Å². The maximum absolute atomic E-state index is 12.6. The van der Waals surface area contributed by atoms with E-state index in [0.717, 1.165) is 42.7 Å². The fraction of sp³-hybridized carbons (Fsp3) is 0.706. The molecule has 0 radical (unpaired) electrons. The van der Waals surface area contributed by atoms with Crippen LogP contribution in [0.25, 0.3) is 0 Å². The maximum Gasteiger partial charge on any atom is 0.254 e. The van der Waals surface area contributed by atoms with E-state index in [2.05, 4.69) is 21.9 Å². The topological polar surface area (TPSA) is 71.1 Å². The van der Waals surface area contributed by atoms with Gasteiger partial charge in [0.2, 0.25) is 5.91 Å². The monoisotopic (exact) mass is 337 g/mol. The van der Waals surface area contributed by atoms with Crippen LogP contribution in [0, 0.1) is 19.3 Å². The zero-order chi connectivity index (χ0) is 17.0. The molecule has 1 heterocycles. The number of nitrogens with one attached hydrogen (secondary N) is 2. The molecule has 1 fully saturated rings. The van der Waals surface area contributed by atoms with E-state index < -0.39 is 0 Å². The van der Waals surface area contributed by atoms with Gasteiger partial charge < -0.3 is 10.6 Å². The van der Waals surface area contributed by atoms with Gasteiger partial charge in [0, 0.05) is 22.9 Å². The van der Waals surface area contributed by atoms with Gasteiger partial charge in [0.1, 0.15) is 0 Å². The summed E-state index contributed by atoms with van der Waals surface area (Å²) in [6.07, 6.45) is 5.11. The van der Waals surface area contributed by atoms with Crippen LogP contribution in [0.4, 0.5) is 0 Å². The minimum atomic E-state index is -0.192. The minimum Gasteiger partial charge on any atom is -0.351 e. The summed E-state index contributed by atoms with van der Waals surface area (Å²) in [5.41, 5.74) is 1.23. The van der Waals surface area contributed by atoms with E-state index in [9.17, 15) is 9.59 Å². The Morgan fingerprint density at radius 2 is 1.96 bits per heavy atom. The third-order valence-electron chi connectivity index (χ3n) is 4.93. The van der Waals surface area contributed by atoms with Crippen LogP contribution >= 0.6 is 11.5 Å². The second-order valence-corrected chi connectivity index (χ2v) is 7.60. The molecule has 0 aromatic carbocycles. The van der Waals surface area contributed by atoms with Crippen molar-refractivity contribution in [3.8, 4) is 0 Å². The van der Waals surface area contributed by atoms with Gasteiger partial charge in [0.05, 0.1) is 11.3 Å². The van der Waals surface area contributed by atoms with Gasteiger partial charge in [-0.1, -0.05) is 19.8 Å². The third kappa shape index (κ3) is 3.91. The molecular weight excluding hydrogens is 310 g/mol. The van der Waals surface area contributed by atoms with Crippen molar-refractivity contribution in [1.82, 2.24) is 15.0 Å². The summed E-state index contributed by atoms with van der Waals surface area (Å²) in [7, 11) is 0. The molecule has 0 aliphatic heterocycles. The molecule has 5 nitrogen and oxygen atoms in total. The fourth-order valence-corrected chi connectivity index (χ4v) is 4.06. The standard InChI is InChI=1S/C17H27N3O2S/c1-5-17(8-6-7-9-17)16(22)19-11(2)10-18-15(21)14-12(3)20-23-13(14)4/h11H,5-10H2,1-4H3,(H,18,21)(H,19,22)/t11-/m0/s1. The predicted molar refractivity (Wildman–Crippen MR) is 92.7 cm³/mol. The first kappa shape index (κ1) is 17.9. The van der Waals surface area contributed by atoms with Crippen LogP contribution in [0.1, 0.15) is 66.9 Å². The average Bonchev–Trinajstić information content (AvgIpc) is 3.13. The van der Waals surface area contributed by atoms with Crippen LogP contribution < -0.4 is 10.6 Å². The summed E-state index contributed by atoms with van der Waals surface area (Å²) in [5, 5.41) is 5.98. The molecule has 1 saturated carbocycles. The summed E-state index contributed by atoms with van der Waals surface area (Å²) in [5.74, 6) is 0.0322. The van der Waals surface area contributed by atoms with E-state index in [0.29, 0.717) is 12.1 Å². The third-order valence-corrected chi connectivity index (χ3v) is 5.77. The Morgan fingerprint density at radius 3 is 2.48 bits per heavy atom. The van der Waals surface area contributed by atoms with Crippen LogP contribution in [-0.4, -0.2) is 28.8 Å². The molecule has 23 heavy (non-hydrogen) atoms. The molecule has 2 rings (SSSR count). The first-order chi connectivity index (χ1) is 10.9. The molecule has 0 bridgehead atoms. The Morgan fingerprint density at radius 1 is 1.30 bits per heavy atom. The summed E-state index contributed by atoms with van der Waals surface area (Å²) < 4.78 is 4.20. The van der Waals surface area contributed by atoms with Gasteiger partial charge in [-0.15, -0.1) is 0 Å². The van der Waals surface area contributed by atoms with Crippen LogP contribution in [0.5, 0.6) is 0 Å². The first-order valence-electron chi connectivity index (χ1n) is 8.41. The van der Waals surface area contributed by atoms with E-state index >= 15 is 0 Å². The van der Waals surface area contributed by atoms with Crippen molar-refractivity contribution in [1.29, 1.82) is 0 Å². The molecule has 2 amide bonds. The second kappa shape index (κ2) is 7.43. The summed E-state index contributed by atoms with van der Waals surface area (Å²) in [6, 6.07) is -0.0808. The molecule has 1 aromatic rings. The van der Waals surface area contributed by atoms with Crippen molar-refractivity contribution in [2.75, 3.05) is 6.54 Å². The fourth-order valence-electron chi connectivity index (χ4n) is 3.36. The number of aryl methyl sites for hydroxylation is 2. The number of hydrogen-bond acceptors (Lipinski definition) is 4. The predicted octanol–water partition coefficient (Wildman–Crippen LogP) is 2.96. The number of carbonyl (C=O) groups is 2. The maximum atomic E-state index is 12.6. The van der Waals surface area contributed by atoms with Crippen LogP contribution in [0.15, 0.2) is 0 Å². The molecule has 1 aliphatic rings. The number of aromatic nitrogens is 1. The SMILES string of the molecule is CCC1(C(=O)N[C@@H](C)CNC(=O)c2c(C)nsc2C)CCCC1. The highest BCUT2D eigenvalue weighted by molar-refractivity contribution is 7.06. The van der Waals surface area contributed by atoms with Crippen molar-refractivity contribution in [3.63, 3.8) is 0 Å². The largest absolute Gasteiger partial charge is 0.351 e. The molecule has 2 N–H and O–H groups in total. The van der Waals surface area contributed by atoms with Gasteiger partial charge in [-0.2, -0.15) is 4.37 Å². The Balaban J connectivity index is 1.86. The number of hydrogen-bond donors (Lipinski definition) is 2. The van der Waals surface area contributed by atoms with Crippen LogP contribution in [0.3, 0.4) is 0 Å². The van der Waals surface area contributed by atoms with Crippen molar-refractivity contribution in [2.24, 2.45) is 5.41 Å². The summed E-state index contributed by atoms with van der Waals surface area (Å²) in [4.78, 5) is 25.7. The van der Waals surface area contributed by atoms with Gasteiger partial charge >= 0.3 is 0 Å². The van der Waals surface area contributed by atoms with Crippen LogP contribution in [-0.2, 0) is 4.79 Å². The van der Waals surface area contributed by atoms with Crippen LogP contribution in [0.2, 0.25) is 0 Å². The lowest BCUT2D eigenvalue weighted by Gasteiger charge is -2.28. The van der Waals surface area contributed by atoms with E-state index in [1.54, 1.807) is 0 Å². The zero-order valence-electron chi connectivity index (χ0n) is 14.5. The Bertz CT molecular complexity index is 557. The number of nitrogens with zero attached hydrogens (tertiary/aromatic N) is 1. The summed E-state index contributed by atoms with van der Waals surface area (Å²) >= 11 is 1.34. The number of rotatable bonds is 6. The quantitative estimate of drug-likeness (QED) is 0.838. The highest BCUT2D eigenvalue weighted by Crippen LogP contribution is 2.41. The lowest BCUT2D eigenvalue weighted by Crippen LogP contribution is -2.47. The van der Waals surface area contributed by atoms with Crippen molar-refractivity contribution in [3.05, 3.63) is 16.1 Å². The van der Waals surface area contributed by atoms with Gasteiger partial charge in [-0.3, -0.25) is 9.59 Å². The highest BCUT2D eigenvalue weighted by atomic mass is 32.1. The van der Waals surface area contributed by atoms with E-state index in [1.165, 1.54) is 11.5 Å². The van der Waals surface area contributed by atoms with Crippen molar-refractivity contribution in [2.45, 2.75) is 65.8 Å². The van der Waals surface area contributed by atoms with Crippen molar-refractivity contribution >= 4 is 23.3 Å². The Kier molecular flexibility index (Phi) is 5.79. The number of carbonyl (C=O) groups excluding carboxylic acids is 2. The molecule has 1 aliphatic carbocycles. The van der Waals surface area contributed by atoms with E-state index in [-0.39, 0.29) is 23.3 Å². The molecule has 0 saturated heterocycles. The zero-order valence-corrected chi connectivity index (χ0v) is 15.3. The van der Waals surface area contributed by atoms with E-state index in [4.69, 9.17) is 0 Å². The smallest absolute Gasteiger partial charge is 0.254 e. The Labute approximate surface area is 142 Å². The number of amides is 2. The van der Waals surface area contributed by atoms with Gasteiger partial charge in [-0.05, 0) is 51.6 Å². The highest BCUT2D eigenvalue weighted by Gasteiger charge is 2.39. The van der Waals surface area contributed by atoms with Gasteiger partial charge in [0.15, 0.2) is 0 Å². The normalized spacial score (nSPS) is 17.7. The van der Waals surface area contributed by atoms with Crippen molar-refractivity contribution < 1.29 is 9.59 Å². The molecule has 128 valence electrons. The molecule has 6 heteroatoms. The molecule has 0 spiro atoms. The molecule has 0 unspecified atom stereocenters. The first-order valence-corrected chi connectivity index (χ1v) is 9.19.